The van der Waals surface area contributed by atoms with Crippen LogP contribution in [0.15, 0.2) is 22.7 Å². The number of amides is 1. The van der Waals surface area contributed by atoms with Crippen molar-refractivity contribution in [3.05, 3.63) is 40.2 Å². The van der Waals surface area contributed by atoms with Crippen molar-refractivity contribution in [1.29, 1.82) is 0 Å². The molecule has 0 unspecified atom stereocenters. The summed E-state index contributed by atoms with van der Waals surface area (Å²) in [6, 6.07) is 5.35. The number of carbonyl (C=O) groups excluding carboxylic acids is 1. The maximum Gasteiger partial charge on any atom is 0.409 e. The zero-order chi connectivity index (χ0) is 29.5. The van der Waals surface area contributed by atoms with E-state index in [0.29, 0.717) is 65.7 Å². The molecule has 0 bridgehead atoms. The standard InChI is InChI=1S/C29H39ClN6O5/c1-6-39-29(38)36-13-7-8-20(36)11-12-32-27-17(2)26(25-18(3)35-41-19(25)4)33-28(34-27)23-14-22(9-10-24(23)30)40-16-21(37)15-31-5/h9-10,14,20-21,31,37H,6-8,11-13,15-16H2,1-5H3,(H,32,33,34)/t20-,21-/m1/s1. The topological polar surface area (TPSA) is 135 Å². The summed E-state index contributed by atoms with van der Waals surface area (Å²) >= 11 is 6.64. The van der Waals surface area contributed by atoms with Crippen molar-refractivity contribution in [2.24, 2.45) is 0 Å². The summed E-state index contributed by atoms with van der Waals surface area (Å²) in [6.45, 7) is 9.70. The Labute approximate surface area is 245 Å². The van der Waals surface area contributed by atoms with E-state index in [9.17, 15) is 9.90 Å². The molecule has 222 valence electrons. The number of nitrogens with one attached hydrogen (secondary N) is 2. The number of hydrogen-bond acceptors (Lipinski definition) is 10. The molecule has 11 nitrogen and oxygen atoms in total. The molecular formula is C29H39ClN6O5. The SMILES string of the molecule is CCOC(=O)N1CCC[C@@H]1CCNc1nc(-c2cc(OC[C@H](O)CNC)ccc2Cl)nc(-c2c(C)noc2C)c1C. The molecular weight excluding hydrogens is 548 g/mol. The molecule has 0 aliphatic carbocycles. The van der Waals surface area contributed by atoms with E-state index in [4.69, 9.17) is 35.6 Å². The third-order valence-electron chi connectivity index (χ3n) is 7.13. The van der Waals surface area contributed by atoms with Crippen LogP contribution in [0, 0.1) is 20.8 Å². The van der Waals surface area contributed by atoms with Crippen molar-refractivity contribution in [2.45, 2.75) is 59.1 Å². The normalized spacial score (nSPS) is 15.7. The van der Waals surface area contributed by atoms with Crippen LogP contribution in [0.4, 0.5) is 10.6 Å². The Hall–Kier alpha value is -3.41. The summed E-state index contributed by atoms with van der Waals surface area (Å²) in [5, 5.41) is 21.0. The molecule has 3 aromatic rings. The zero-order valence-corrected chi connectivity index (χ0v) is 25.0. The smallest absolute Gasteiger partial charge is 0.409 e. The molecule has 4 rings (SSSR count). The van der Waals surface area contributed by atoms with E-state index < -0.39 is 6.10 Å². The van der Waals surface area contributed by atoms with Crippen LogP contribution in [0.5, 0.6) is 5.75 Å². The maximum atomic E-state index is 12.4. The van der Waals surface area contributed by atoms with E-state index in [1.54, 1.807) is 25.2 Å². The van der Waals surface area contributed by atoms with Crippen LogP contribution in [0.1, 0.15) is 43.2 Å². The monoisotopic (exact) mass is 586 g/mol. The van der Waals surface area contributed by atoms with E-state index in [0.717, 1.165) is 36.1 Å². The second-order valence-electron chi connectivity index (χ2n) is 10.1. The lowest BCUT2D eigenvalue weighted by atomic mass is 10.0. The van der Waals surface area contributed by atoms with Crippen LogP contribution in [-0.2, 0) is 4.74 Å². The van der Waals surface area contributed by atoms with Gasteiger partial charge in [-0.2, -0.15) is 0 Å². The highest BCUT2D eigenvalue weighted by Crippen LogP contribution is 2.36. The predicted molar refractivity (Wildman–Crippen MR) is 157 cm³/mol. The third-order valence-corrected chi connectivity index (χ3v) is 7.46. The Morgan fingerprint density at radius 2 is 2.10 bits per heavy atom. The van der Waals surface area contributed by atoms with Crippen molar-refractivity contribution in [3.63, 3.8) is 0 Å². The number of likely N-dealkylation sites (N-methyl/N-ethyl adjacent to an activating group) is 1. The molecule has 1 amide bonds. The number of halogens is 1. The minimum absolute atomic E-state index is 0.103. The average Bonchev–Trinajstić information content (AvgIpc) is 3.55. The van der Waals surface area contributed by atoms with Gasteiger partial charge in [-0.25, -0.2) is 14.8 Å². The fourth-order valence-corrected chi connectivity index (χ4v) is 5.27. The lowest BCUT2D eigenvalue weighted by Gasteiger charge is -2.24. The molecule has 1 aromatic carbocycles. The van der Waals surface area contributed by atoms with Crippen molar-refractivity contribution in [3.8, 4) is 28.4 Å². The second kappa shape index (κ2) is 14.0. The molecule has 0 saturated carbocycles. The minimum Gasteiger partial charge on any atom is -0.491 e. The van der Waals surface area contributed by atoms with Gasteiger partial charge in [0.05, 0.1) is 28.6 Å². The Balaban J connectivity index is 1.64. The fraction of sp³-hybridized carbons (Fsp3) is 0.517. The molecule has 1 aliphatic heterocycles. The number of hydrogen-bond donors (Lipinski definition) is 3. The van der Waals surface area contributed by atoms with Crippen molar-refractivity contribution >= 4 is 23.5 Å². The van der Waals surface area contributed by atoms with Gasteiger partial charge in [-0.3, -0.25) is 0 Å². The van der Waals surface area contributed by atoms with Crippen LogP contribution >= 0.6 is 11.6 Å². The highest BCUT2D eigenvalue weighted by Gasteiger charge is 2.29. The molecule has 1 fully saturated rings. The number of anilines is 1. The average molecular weight is 587 g/mol. The number of aromatic nitrogens is 3. The Bertz CT molecular complexity index is 1330. The molecule has 0 spiro atoms. The van der Waals surface area contributed by atoms with E-state index in [1.807, 2.05) is 32.6 Å². The second-order valence-corrected chi connectivity index (χ2v) is 10.5. The molecule has 3 heterocycles. The van der Waals surface area contributed by atoms with Gasteiger partial charge >= 0.3 is 6.09 Å². The van der Waals surface area contributed by atoms with Crippen LogP contribution < -0.4 is 15.4 Å². The van der Waals surface area contributed by atoms with E-state index in [-0.39, 0.29) is 18.7 Å². The van der Waals surface area contributed by atoms with Gasteiger partial charge in [-0.1, -0.05) is 16.8 Å². The number of carbonyl (C=O) groups is 1. The first-order chi connectivity index (χ1) is 19.7. The summed E-state index contributed by atoms with van der Waals surface area (Å²) in [5.41, 5.74) is 3.65. The van der Waals surface area contributed by atoms with Gasteiger partial charge < -0.3 is 34.6 Å². The van der Waals surface area contributed by atoms with Gasteiger partial charge in [0.25, 0.3) is 0 Å². The largest absolute Gasteiger partial charge is 0.491 e. The molecule has 0 radical (unpaired) electrons. The molecule has 1 aliphatic rings. The fourth-order valence-electron chi connectivity index (χ4n) is 5.07. The number of benzene rings is 1. The number of likely N-dealkylation sites (tertiary alicyclic amines) is 1. The molecule has 12 heteroatoms. The summed E-state index contributed by atoms with van der Waals surface area (Å²) < 4.78 is 16.5. The molecule has 1 saturated heterocycles. The van der Waals surface area contributed by atoms with Crippen molar-refractivity contribution in [1.82, 2.24) is 25.3 Å². The number of aryl methyl sites for hydroxylation is 2. The Morgan fingerprint density at radius 3 is 2.80 bits per heavy atom. The minimum atomic E-state index is -0.656. The number of ether oxygens (including phenoxy) is 2. The van der Waals surface area contributed by atoms with Crippen LogP contribution in [0.25, 0.3) is 22.6 Å². The lowest BCUT2D eigenvalue weighted by Crippen LogP contribution is -2.37. The van der Waals surface area contributed by atoms with Gasteiger partial charge in [0.2, 0.25) is 0 Å². The number of aliphatic hydroxyl groups excluding tert-OH is 1. The first-order valence-corrected chi connectivity index (χ1v) is 14.4. The van der Waals surface area contributed by atoms with Crippen molar-refractivity contribution < 1.29 is 23.9 Å². The molecule has 3 N–H and O–H groups in total. The molecule has 2 aromatic heterocycles. The lowest BCUT2D eigenvalue weighted by molar-refractivity contribution is 0.102. The Kier molecular flexibility index (Phi) is 10.4. The van der Waals surface area contributed by atoms with E-state index >= 15 is 0 Å². The number of aliphatic hydroxyl groups is 1. The van der Waals surface area contributed by atoms with Gasteiger partial charge in [0, 0.05) is 36.8 Å². The summed E-state index contributed by atoms with van der Waals surface area (Å²) in [4.78, 5) is 24.0. The number of rotatable bonds is 12. The van der Waals surface area contributed by atoms with Crippen LogP contribution in [-0.4, -0.2) is 83.3 Å². The van der Waals surface area contributed by atoms with Crippen molar-refractivity contribution in [2.75, 3.05) is 45.2 Å². The first kappa shape index (κ1) is 30.5. The van der Waals surface area contributed by atoms with Gasteiger partial charge in [-0.05, 0) is 72.2 Å². The number of nitrogens with zero attached hydrogens (tertiary/aromatic N) is 4. The highest BCUT2D eigenvalue weighted by atomic mass is 35.5. The van der Waals surface area contributed by atoms with Crippen LogP contribution in [0.2, 0.25) is 5.02 Å². The Morgan fingerprint density at radius 1 is 1.29 bits per heavy atom. The third kappa shape index (κ3) is 7.27. The molecule has 2 atom stereocenters. The zero-order valence-electron chi connectivity index (χ0n) is 24.3. The van der Waals surface area contributed by atoms with Crippen LogP contribution in [0.3, 0.4) is 0 Å². The van der Waals surface area contributed by atoms with Gasteiger partial charge in [0.1, 0.15) is 30.0 Å². The van der Waals surface area contributed by atoms with E-state index in [1.165, 1.54) is 0 Å². The summed E-state index contributed by atoms with van der Waals surface area (Å²) in [7, 11) is 1.77. The van der Waals surface area contributed by atoms with E-state index in [2.05, 4.69) is 15.8 Å². The summed E-state index contributed by atoms with van der Waals surface area (Å²) in [5.74, 6) is 2.25. The van der Waals surface area contributed by atoms with Gasteiger partial charge in [0.15, 0.2) is 5.82 Å². The maximum absolute atomic E-state index is 12.4. The predicted octanol–water partition coefficient (Wildman–Crippen LogP) is 4.76. The molecule has 41 heavy (non-hydrogen) atoms. The highest BCUT2D eigenvalue weighted by molar-refractivity contribution is 6.33. The first-order valence-electron chi connectivity index (χ1n) is 14.0. The van der Waals surface area contributed by atoms with Gasteiger partial charge in [-0.15, -0.1) is 0 Å². The quantitative estimate of drug-likeness (QED) is 0.272. The summed E-state index contributed by atoms with van der Waals surface area (Å²) in [6.07, 6.45) is 1.73.